The summed E-state index contributed by atoms with van der Waals surface area (Å²) in [5, 5.41) is 0. The summed E-state index contributed by atoms with van der Waals surface area (Å²) in [5.41, 5.74) is 8.86. The van der Waals surface area contributed by atoms with Gasteiger partial charge in [0.25, 0.3) is 0 Å². The standard InChI is InChI=1S/C13H19NO/c1-10-4-2-3-5-11(10)8-12-9-15-7-6-13(12)14/h2-5,12-13H,6-9,14H2,1H3/t12-,13+/m1/s1. The highest BCUT2D eigenvalue weighted by atomic mass is 16.5. The molecule has 2 heteroatoms. The highest BCUT2D eigenvalue weighted by Gasteiger charge is 2.22. The third-order valence-electron chi connectivity index (χ3n) is 3.28. The van der Waals surface area contributed by atoms with Gasteiger partial charge in [0.1, 0.15) is 0 Å². The minimum Gasteiger partial charge on any atom is -0.381 e. The van der Waals surface area contributed by atoms with Gasteiger partial charge in [-0.25, -0.2) is 0 Å². The molecule has 0 spiro atoms. The first-order chi connectivity index (χ1) is 7.27. The molecule has 2 N–H and O–H groups in total. The Bertz CT molecular complexity index is 324. The number of rotatable bonds is 2. The van der Waals surface area contributed by atoms with Crippen molar-refractivity contribution in [2.24, 2.45) is 11.7 Å². The largest absolute Gasteiger partial charge is 0.381 e. The quantitative estimate of drug-likeness (QED) is 0.800. The zero-order valence-electron chi connectivity index (χ0n) is 9.28. The summed E-state index contributed by atoms with van der Waals surface area (Å²) in [6.07, 6.45) is 2.05. The second-order valence-corrected chi connectivity index (χ2v) is 4.42. The molecule has 0 bridgehead atoms. The molecule has 0 radical (unpaired) electrons. The lowest BCUT2D eigenvalue weighted by Gasteiger charge is -2.29. The number of hydrogen-bond acceptors (Lipinski definition) is 2. The lowest BCUT2D eigenvalue weighted by molar-refractivity contribution is 0.0422. The van der Waals surface area contributed by atoms with Crippen molar-refractivity contribution in [2.75, 3.05) is 13.2 Å². The lowest BCUT2D eigenvalue weighted by atomic mass is 9.89. The molecule has 0 amide bonds. The van der Waals surface area contributed by atoms with Gasteiger partial charge in [-0.05, 0) is 30.9 Å². The molecule has 15 heavy (non-hydrogen) atoms. The Morgan fingerprint density at radius 1 is 1.40 bits per heavy atom. The van der Waals surface area contributed by atoms with Gasteiger partial charge >= 0.3 is 0 Å². The molecule has 2 rings (SSSR count). The van der Waals surface area contributed by atoms with Gasteiger partial charge < -0.3 is 10.5 Å². The summed E-state index contributed by atoms with van der Waals surface area (Å²) >= 11 is 0. The Morgan fingerprint density at radius 2 is 2.20 bits per heavy atom. The predicted molar refractivity (Wildman–Crippen MR) is 61.8 cm³/mol. The molecule has 1 aliphatic rings. The Morgan fingerprint density at radius 3 is 2.93 bits per heavy atom. The molecular weight excluding hydrogens is 186 g/mol. The summed E-state index contributed by atoms with van der Waals surface area (Å²) in [6.45, 7) is 3.80. The van der Waals surface area contributed by atoms with Crippen LogP contribution in [0.5, 0.6) is 0 Å². The van der Waals surface area contributed by atoms with E-state index in [1.54, 1.807) is 0 Å². The number of aryl methyl sites for hydroxylation is 1. The van der Waals surface area contributed by atoms with Crippen LogP contribution < -0.4 is 5.73 Å². The fourth-order valence-corrected chi connectivity index (χ4v) is 2.15. The molecule has 2 nitrogen and oxygen atoms in total. The third kappa shape index (κ3) is 2.58. The van der Waals surface area contributed by atoms with E-state index in [2.05, 4.69) is 31.2 Å². The van der Waals surface area contributed by atoms with E-state index >= 15 is 0 Å². The molecule has 1 aromatic carbocycles. The number of hydrogen-bond donors (Lipinski definition) is 1. The molecular formula is C13H19NO. The van der Waals surface area contributed by atoms with Crippen LogP contribution in [0.25, 0.3) is 0 Å². The first kappa shape index (κ1) is 10.7. The van der Waals surface area contributed by atoms with Crippen LogP contribution in [0.1, 0.15) is 17.5 Å². The van der Waals surface area contributed by atoms with Crippen molar-refractivity contribution in [3.63, 3.8) is 0 Å². The van der Waals surface area contributed by atoms with E-state index in [1.165, 1.54) is 11.1 Å². The van der Waals surface area contributed by atoms with Crippen molar-refractivity contribution in [1.82, 2.24) is 0 Å². The van der Waals surface area contributed by atoms with Gasteiger partial charge in [-0.1, -0.05) is 24.3 Å². The molecule has 0 aliphatic carbocycles. The molecule has 1 aliphatic heterocycles. The SMILES string of the molecule is Cc1ccccc1C[C@@H]1COCC[C@@H]1N. The van der Waals surface area contributed by atoms with Crippen molar-refractivity contribution in [1.29, 1.82) is 0 Å². The van der Waals surface area contributed by atoms with Crippen molar-refractivity contribution >= 4 is 0 Å². The Kier molecular flexibility index (Phi) is 3.39. The highest BCUT2D eigenvalue weighted by Crippen LogP contribution is 2.20. The van der Waals surface area contributed by atoms with E-state index in [9.17, 15) is 0 Å². The molecule has 0 unspecified atom stereocenters. The average molecular weight is 205 g/mol. The van der Waals surface area contributed by atoms with Crippen LogP contribution in [0.15, 0.2) is 24.3 Å². The summed E-state index contributed by atoms with van der Waals surface area (Å²) < 4.78 is 5.48. The molecule has 1 saturated heterocycles. The average Bonchev–Trinajstić information content (AvgIpc) is 2.24. The summed E-state index contributed by atoms with van der Waals surface area (Å²) in [6, 6.07) is 8.83. The van der Waals surface area contributed by atoms with E-state index in [4.69, 9.17) is 10.5 Å². The van der Waals surface area contributed by atoms with Crippen LogP contribution in [-0.4, -0.2) is 19.3 Å². The highest BCUT2D eigenvalue weighted by molar-refractivity contribution is 5.26. The first-order valence-electron chi connectivity index (χ1n) is 5.65. The maximum Gasteiger partial charge on any atom is 0.0512 e. The van der Waals surface area contributed by atoms with Crippen LogP contribution in [0, 0.1) is 12.8 Å². The molecule has 0 aromatic heterocycles. The lowest BCUT2D eigenvalue weighted by Crippen LogP contribution is -2.39. The van der Waals surface area contributed by atoms with Crippen LogP contribution in [0.4, 0.5) is 0 Å². The summed E-state index contributed by atoms with van der Waals surface area (Å²) in [5.74, 6) is 0.486. The number of ether oxygens (including phenoxy) is 1. The molecule has 1 aromatic rings. The number of benzene rings is 1. The van der Waals surface area contributed by atoms with E-state index in [-0.39, 0.29) is 0 Å². The van der Waals surface area contributed by atoms with E-state index < -0.39 is 0 Å². The monoisotopic (exact) mass is 205 g/mol. The minimum atomic E-state index is 0.304. The topological polar surface area (TPSA) is 35.2 Å². The molecule has 1 heterocycles. The van der Waals surface area contributed by atoms with Crippen LogP contribution in [-0.2, 0) is 11.2 Å². The van der Waals surface area contributed by atoms with Crippen molar-refractivity contribution in [3.8, 4) is 0 Å². The van der Waals surface area contributed by atoms with Gasteiger partial charge in [-0.2, -0.15) is 0 Å². The van der Waals surface area contributed by atoms with Gasteiger partial charge in [0.05, 0.1) is 6.61 Å². The van der Waals surface area contributed by atoms with E-state index in [0.29, 0.717) is 12.0 Å². The van der Waals surface area contributed by atoms with Crippen molar-refractivity contribution in [2.45, 2.75) is 25.8 Å². The van der Waals surface area contributed by atoms with Crippen LogP contribution in [0.3, 0.4) is 0 Å². The van der Waals surface area contributed by atoms with Gasteiger partial charge in [0, 0.05) is 18.6 Å². The number of nitrogens with two attached hydrogens (primary N) is 1. The zero-order chi connectivity index (χ0) is 10.7. The molecule has 82 valence electrons. The second-order valence-electron chi connectivity index (χ2n) is 4.42. The van der Waals surface area contributed by atoms with Gasteiger partial charge in [-0.15, -0.1) is 0 Å². The van der Waals surface area contributed by atoms with E-state index in [0.717, 1.165) is 26.1 Å². The van der Waals surface area contributed by atoms with Crippen LogP contribution >= 0.6 is 0 Å². The molecule has 2 atom stereocenters. The van der Waals surface area contributed by atoms with Gasteiger partial charge in [-0.3, -0.25) is 0 Å². The zero-order valence-corrected chi connectivity index (χ0v) is 9.28. The first-order valence-corrected chi connectivity index (χ1v) is 5.65. The Balaban J connectivity index is 2.04. The van der Waals surface area contributed by atoms with E-state index in [1.807, 2.05) is 0 Å². The minimum absolute atomic E-state index is 0.304. The summed E-state index contributed by atoms with van der Waals surface area (Å²) in [7, 11) is 0. The smallest absolute Gasteiger partial charge is 0.0512 e. The Labute approximate surface area is 91.4 Å². The third-order valence-corrected chi connectivity index (χ3v) is 3.28. The molecule has 0 saturated carbocycles. The fraction of sp³-hybridized carbons (Fsp3) is 0.538. The predicted octanol–water partition coefficient (Wildman–Crippen LogP) is 1.90. The van der Waals surface area contributed by atoms with Crippen molar-refractivity contribution in [3.05, 3.63) is 35.4 Å². The van der Waals surface area contributed by atoms with Crippen molar-refractivity contribution < 1.29 is 4.74 Å². The second kappa shape index (κ2) is 4.77. The maximum atomic E-state index is 6.10. The fourth-order valence-electron chi connectivity index (χ4n) is 2.15. The molecule has 1 fully saturated rings. The van der Waals surface area contributed by atoms with Crippen LogP contribution in [0.2, 0.25) is 0 Å². The Hall–Kier alpha value is -0.860. The summed E-state index contributed by atoms with van der Waals surface area (Å²) in [4.78, 5) is 0. The normalized spacial score (nSPS) is 26.5. The van der Waals surface area contributed by atoms with Gasteiger partial charge in [0.2, 0.25) is 0 Å². The van der Waals surface area contributed by atoms with Gasteiger partial charge in [0.15, 0.2) is 0 Å². The maximum absolute atomic E-state index is 6.10.